The SMILES string of the molecule is CN1C=CC(C)(C)C1(C)c1ccc[nH]1. The van der Waals surface area contributed by atoms with E-state index >= 15 is 0 Å². The molecule has 0 saturated heterocycles. The van der Waals surface area contributed by atoms with E-state index in [-0.39, 0.29) is 11.0 Å². The predicted molar refractivity (Wildman–Crippen MR) is 58.8 cm³/mol. The Bertz CT molecular complexity index is 348. The number of H-pyrrole nitrogens is 1. The molecule has 0 fully saturated rings. The van der Waals surface area contributed by atoms with Crippen molar-refractivity contribution >= 4 is 0 Å². The first-order chi connectivity index (χ1) is 6.48. The molecule has 0 radical (unpaired) electrons. The fourth-order valence-corrected chi connectivity index (χ4v) is 2.23. The van der Waals surface area contributed by atoms with Gasteiger partial charge in [0, 0.05) is 24.4 Å². The molecule has 1 aliphatic rings. The van der Waals surface area contributed by atoms with Crippen LogP contribution in [0.1, 0.15) is 26.5 Å². The molecular weight excluding hydrogens is 172 g/mol. The summed E-state index contributed by atoms with van der Waals surface area (Å²) in [6.07, 6.45) is 6.43. The van der Waals surface area contributed by atoms with Gasteiger partial charge in [-0.15, -0.1) is 0 Å². The van der Waals surface area contributed by atoms with Crippen LogP contribution in [0.15, 0.2) is 30.6 Å². The van der Waals surface area contributed by atoms with Crippen molar-refractivity contribution in [3.8, 4) is 0 Å². The predicted octanol–water partition coefficient (Wildman–Crippen LogP) is 2.72. The lowest BCUT2D eigenvalue weighted by atomic mass is 9.73. The second-order valence-corrected chi connectivity index (χ2v) is 4.80. The Kier molecular flexibility index (Phi) is 1.78. The van der Waals surface area contributed by atoms with Crippen LogP contribution in [0.5, 0.6) is 0 Å². The van der Waals surface area contributed by atoms with Gasteiger partial charge >= 0.3 is 0 Å². The highest BCUT2D eigenvalue weighted by atomic mass is 15.2. The largest absolute Gasteiger partial charge is 0.369 e. The maximum absolute atomic E-state index is 3.32. The zero-order valence-corrected chi connectivity index (χ0v) is 9.33. The summed E-state index contributed by atoms with van der Waals surface area (Å²) in [5.41, 5.74) is 1.47. The molecular formula is C12H18N2. The van der Waals surface area contributed by atoms with Gasteiger partial charge in [0.2, 0.25) is 0 Å². The van der Waals surface area contributed by atoms with E-state index in [0.29, 0.717) is 0 Å². The first-order valence-corrected chi connectivity index (χ1v) is 5.05. The maximum Gasteiger partial charge on any atom is 0.0850 e. The van der Waals surface area contributed by atoms with Crippen molar-refractivity contribution in [3.05, 3.63) is 36.3 Å². The van der Waals surface area contributed by atoms with Gasteiger partial charge in [0.1, 0.15) is 0 Å². The van der Waals surface area contributed by atoms with Crippen LogP contribution in [0, 0.1) is 5.41 Å². The van der Waals surface area contributed by atoms with Gasteiger partial charge in [0.25, 0.3) is 0 Å². The van der Waals surface area contributed by atoms with E-state index in [0.717, 1.165) is 0 Å². The number of rotatable bonds is 1. The van der Waals surface area contributed by atoms with Gasteiger partial charge in [-0.1, -0.05) is 19.9 Å². The molecule has 2 heterocycles. The molecule has 14 heavy (non-hydrogen) atoms. The second-order valence-electron chi connectivity index (χ2n) is 4.80. The van der Waals surface area contributed by atoms with Crippen molar-refractivity contribution < 1.29 is 0 Å². The van der Waals surface area contributed by atoms with Gasteiger partial charge in [0.15, 0.2) is 0 Å². The molecule has 0 aromatic carbocycles. The molecule has 1 aliphatic heterocycles. The van der Waals surface area contributed by atoms with Crippen molar-refractivity contribution in [2.45, 2.75) is 26.3 Å². The highest BCUT2D eigenvalue weighted by Crippen LogP contribution is 2.48. The van der Waals surface area contributed by atoms with Crippen LogP contribution in [0.2, 0.25) is 0 Å². The lowest BCUT2D eigenvalue weighted by Crippen LogP contribution is -2.45. The first kappa shape index (κ1) is 9.38. The molecule has 0 bridgehead atoms. The van der Waals surface area contributed by atoms with Crippen molar-refractivity contribution in [2.24, 2.45) is 5.41 Å². The fraction of sp³-hybridized carbons (Fsp3) is 0.500. The van der Waals surface area contributed by atoms with Crippen LogP contribution in [-0.2, 0) is 5.54 Å². The summed E-state index contributed by atoms with van der Waals surface area (Å²) in [5, 5.41) is 0. The van der Waals surface area contributed by atoms with Crippen molar-refractivity contribution in [3.63, 3.8) is 0 Å². The number of nitrogens with one attached hydrogen (secondary N) is 1. The van der Waals surface area contributed by atoms with Gasteiger partial charge in [-0.3, -0.25) is 0 Å². The van der Waals surface area contributed by atoms with Crippen LogP contribution in [-0.4, -0.2) is 16.9 Å². The molecule has 2 heteroatoms. The highest BCUT2D eigenvalue weighted by molar-refractivity contribution is 5.27. The van der Waals surface area contributed by atoms with E-state index in [4.69, 9.17) is 0 Å². The maximum atomic E-state index is 3.32. The summed E-state index contributed by atoms with van der Waals surface area (Å²) in [4.78, 5) is 5.60. The number of aromatic nitrogens is 1. The van der Waals surface area contributed by atoms with Crippen molar-refractivity contribution in [2.75, 3.05) is 7.05 Å². The van der Waals surface area contributed by atoms with Gasteiger partial charge in [-0.25, -0.2) is 0 Å². The highest BCUT2D eigenvalue weighted by Gasteiger charge is 2.47. The Morgan fingerprint density at radius 3 is 2.43 bits per heavy atom. The van der Waals surface area contributed by atoms with Gasteiger partial charge in [-0.2, -0.15) is 0 Å². The number of nitrogens with zero attached hydrogens (tertiary/aromatic N) is 1. The van der Waals surface area contributed by atoms with E-state index in [2.05, 4.69) is 62.1 Å². The average molecular weight is 190 g/mol. The normalized spacial score (nSPS) is 29.9. The van der Waals surface area contributed by atoms with E-state index in [1.165, 1.54) is 5.69 Å². The summed E-state index contributed by atoms with van der Waals surface area (Å²) in [5.74, 6) is 0. The zero-order valence-electron chi connectivity index (χ0n) is 9.33. The molecule has 0 aliphatic carbocycles. The Morgan fingerprint density at radius 2 is 2.00 bits per heavy atom. The monoisotopic (exact) mass is 190 g/mol. The Morgan fingerprint density at radius 1 is 1.29 bits per heavy atom. The molecule has 1 aromatic rings. The molecule has 1 N–H and O–H groups in total. The van der Waals surface area contributed by atoms with Gasteiger partial charge in [0.05, 0.1) is 5.54 Å². The number of hydrogen-bond donors (Lipinski definition) is 1. The standard InChI is InChI=1S/C12H18N2/c1-11(2)7-9-14(4)12(11,3)10-6-5-8-13-10/h5-9,13H,1-4H3. The summed E-state index contributed by atoms with van der Waals surface area (Å²) >= 11 is 0. The summed E-state index contributed by atoms with van der Waals surface area (Å²) in [6.45, 7) is 6.82. The third-order valence-electron chi connectivity index (χ3n) is 3.80. The molecule has 0 amide bonds. The topological polar surface area (TPSA) is 19.0 Å². The molecule has 2 rings (SSSR count). The van der Waals surface area contributed by atoms with Gasteiger partial charge in [-0.05, 0) is 25.3 Å². The Labute approximate surface area is 85.6 Å². The number of aromatic amines is 1. The van der Waals surface area contributed by atoms with Gasteiger partial charge < -0.3 is 9.88 Å². The quantitative estimate of drug-likeness (QED) is 0.721. The Balaban J connectivity index is 2.50. The van der Waals surface area contributed by atoms with E-state index in [1.807, 2.05) is 6.20 Å². The first-order valence-electron chi connectivity index (χ1n) is 5.05. The van der Waals surface area contributed by atoms with Crippen molar-refractivity contribution in [1.29, 1.82) is 0 Å². The zero-order chi connectivity index (χ0) is 10.4. The minimum Gasteiger partial charge on any atom is -0.369 e. The van der Waals surface area contributed by atoms with E-state index in [9.17, 15) is 0 Å². The summed E-state index contributed by atoms with van der Waals surface area (Å²) in [6, 6.07) is 4.22. The molecule has 0 saturated carbocycles. The molecule has 1 aromatic heterocycles. The van der Waals surface area contributed by atoms with Crippen LogP contribution >= 0.6 is 0 Å². The van der Waals surface area contributed by atoms with Crippen LogP contribution < -0.4 is 0 Å². The third-order valence-corrected chi connectivity index (χ3v) is 3.80. The summed E-state index contributed by atoms with van der Waals surface area (Å²) < 4.78 is 0. The Hall–Kier alpha value is -1.18. The molecule has 2 nitrogen and oxygen atoms in total. The third kappa shape index (κ3) is 0.969. The molecule has 1 unspecified atom stereocenters. The van der Waals surface area contributed by atoms with E-state index in [1.54, 1.807) is 0 Å². The molecule has 1 atom stereocenters. The van der Waals surface area contributed by atoms with Crippen LogP contribution in [0.25, 0.3) is 0 Å². The minimum atomic E-state index is 0.0382. The van der Waals surface area contributed by atoms with Crippen molar-refractivity contribution in [1.82, 2.24) is 9.88 Å². The number of hydrogen-bond acceptors (Lipinski definition) is 1. The van der Waals surface area contributed by atoms with Crippen LogP contribution in [0.3, 0.4) is 0 Å². The lowest BCUT2D eigenvalue weighted by molar-refractivity contribution is 0.107. The summed E-state index contributed by atoms with van der Waals surface area (Å²) in [7, 11) is 2.13. The van der Waals surface area contributed by atoms with E-state index < -0.39 is 0 Å². The fourth-order valence-electron chi connectivity index (χ4n) is 2.23. The minimum absolute atomic E-state index is 0.0382. The second kappa shape index (κ2) is 2.66. The lowest BCUT2D eigenvalue weighted by Gasteiger charge is -2.43. The smallest absolute Gasteiger partial charge is 0.0850 e. The molecule has 0 spiro atoms. The van der Waals surface area contributed by atoms with Crippen LogP contribution in [0.4, 0.5) is 0 Å². The average Bonchev–Trinajstić information content (AvgIpc) is 2.70. The molecule has 76 valence electrons.